The lowest BCUT2D eigenvalue weighted by Gasteiger charge is -2.10. The molecule has 0 saturated carbocycles. The van der Waals surface area contributed by atoms with Gasteiger partial charge in [0.25, 0.3) is 0 Å². The van der Waals surface area contributed by atoms with Gasteiger partial charge in [0.05, 0.1) is 4.92 Å². The molecule has 0 aliphatic heterocycles. The highest BCUT2D eigenvalue weighted by atomic mass is 32.2. The smallest absolute Gasteiger partial charge is 0.388 e. The highest BCUT2D eigenvalue weighted by Gasteiger charge is 2.34. The van der Waals surface area contributed by atoms with E-state index in [-0.39, 0.29) is 6.07 Å². The molecule has 0 fully saturated rings. The first kappa shape index (κ1) is 15.1. The topological polar surface area (TPSA) is 125 Å². The summed E-state index contributed by atoms with van der Waals surface area (Å²) >= 11 is 0. The third-order valence-corrected chi connectivity index (χ3v) is 2.74. The fourth-order valence-electron chi connectivity index (χ4n) is 1.22. The molecule has 0 bridgehead atoms. The zero-order chi connectivity index (χ0) is 15.0. The van der Waals surface area contributed by atoms with E-state index in [4.69, 9.17) is 5.14 Å². The second-order valence-electron chi connectivity index (χ2n) is 3.24. The molecular formula is C7H6F3N3O5S. The number of primary sulfonamides is 1. The van der Waals surface area contributed by atoms with Crippen molar-refractivity contribution in [1.82, 2.24) is 4.98 Å². The number of pyridine rings is 1. The second kappa shape index (κ2) is 4.62. The van der Waals surface area contributed by atoms with Gasteiger partial charge in [-0.15, -0.1) is 13.2 Å². The zero-order valence-corrected chi connectivity index (χ0v) is 9.95. The number of halogens is 3. The van der Waals surface area contributed by atoms with Crippen LogP contribution in [0.3, 0.4) is 0 Å². The molecule has 0 aliphatic rings. The van der Waals surface area contributed by atoms with E-state index in [1.165, 1.54) is 0 Å². The first-order chi connectivity index (χ1) is 8.42. The average molecular weight is 301 g/mol. The molecule has 2 N–H and O–H groups in total. The number of ether oxygens (including phenoxy) is 1. The molecule has 1 aromatic rings. The van der Waals surface area contributed by atoms with Crippen molar-refractivity contribution in [2.24, 2.45) is 5.14 Å². The minimum atomic E-state index is -5.12. The third-order valence-electron chi connectivity index (χ3n) is 1.82. The number of nitrogens with two attached hydrogens (primary N) is 1. The molecular weight excluding hydrogens is 295 g/mol. The van der Waals surface area contributed by atoms with E-state index in [0.717, 1.165) is 6.92 Å². The van der Waals surface area contributed by atoms with E-state index in [1.54, 1.807) is 0 Å². The normalized spacial score (nSPS) is 12.3. The predicted octanol–water partition coefficient (Wildman–Crippen LogP) is 0.844. The van der Waals surface area contributed by atoms with Crippen molar-refractivity contribution in [2.45, 2.75) is 18.2 Å². The molecule has 0 aromatic carbocycles. The van der Waals surface area contributed by atoms with Crippen molar-refractivity contribution in [3.8, 4) is 5.88 Å². The van der Waals surface area contributed by atoms with E-state index >= 15 is 0 Å². The van der Waals surface area contributed by atoms with Gasteiger partial charge in [-0.2, -0.15) is 0 Å². The summed E-state index contributed by atoms with van der Waals surface area (Å²) in [4.78, 5) is 11.6. The summed E-state index contributed by atoms with van der Waals surface area (Å²) in [5.41, 5.74) is -1.58. The Hall–Kier alpha value is -1.95. The lowest BCUT2D eigenvalue weighted by atomic mass is 10.3. The quantitative estimate of drug-likeness (QED) is 0.651. The predicted molar refractivity (Wildman–Crippen MR) is 53.7 cm³/mol. The second-order valence-corrected chi connectivity index (χ2v) is 4.77. The number of nitrogens with zero attached hydrogens (tertiary/aromatic N) is 2. The monoisotopic (exact) mass is 301 g/mol. The van der Waals surface area contributed by atoms with E-state index in [0.29, 0.717) is 0 Å². The van der Waals surface area contributed by atoms with Gasteiger partial charge in [-0.05, 0) is 6.92 Å². The standard InChI is InChI=1S/C7H6F3N3O5S/c1-3-6(13(14)15)4(19(11,16)17)2-5(12-3)18-7(8,9)10/h2H,1H3,(H2,11,16,17). The van der Waals surface area contributed by atoms with Crippen LogP contribution in [0.1, 0.15) is 5.69 Å². The van der Waals surface area contributed by atoms with Gasteiger partial charge in [0.15, 0.2) is 4.90 Å². The van der Waals surface area contributed by atoms with Crippen LogP contribution in [0, 0.1) is 17.0 Å². The maximum absolute atomic E-state index is 12.0. The van der Waals surface area contributed by atoms with Crippen LogP contribution in [0.15, 0.2) is 11.0 Å². The highest BCUT2D eigenvalue weighted by molar-refractivity contribution is 7.89. The molecule has 12 heteroatoms. The lowest BCUT2D eigenvalue weighted by Crippen LogP contribution is -2.20. The SMILES string of the molecule is Cc1nc(OC(F)(F)F)cc(S(N)(=O)=O)c1[N+](=O)[O-]. The van der Waals surface area contributed by atoms with Crippen LogP contribution < -0.4 is 9.88 Å². The third kappa shape index (κ3) is 3.75. The highest BCUT2D eigenvalue weighted by Crippen LogP contribution is 2.31. The molecule has 0 amide bonds. The zero-order valence-electron chi connectivity index (χ0n) is 9.13. The molecule has 19 heavy (non-hydrogen) atoms. The lowest BCUT2D eigenvalue weighted by molar-refractivity contribution is -0.388. The van der Waals surface area contributed by atoms with Crippen LogP contribution in [0.4, 0.5) is 18.9 Å². The molecule has 1 heterocycles. The largest absolute Gasteiger partial charge is 0.574 e. The Morgan fingerprint density at radius 2 is 2.00 bits per heavy atom. The fraction of sp³-hybridized carbons (Fsp3) is 0.286. The van der Waals surface area contributed by atoms with Crippen LogP contribution in [0.25, 0.3) is 0 Å². The van der Waals surface area contributed by atoms with Crippen LogP contribution in [0.5, 0.6) is 5.88 Å². The Labute approximate surface area is 104 Å². The number of rotatable bonds is 3. The molecule has 0 saturated heterocycles. The molecule has 0 radical (unpaired) electrons. The van der Waals surface area contributed by atoms with Crippen LogP contribution >= 0.6 is 0 Å². The average Bonchev–Trinajstić information content (AvgIpc) is 2.11. The van der Waals surface area contributed by atoms with Gasteiger partial charge in [0, 0.05) is 6.07 Å². The molecule has 1 rings (SSSR count). The Kier molecular flexibility index (Phi) is 3.67. The summed E-state index contributed by atoms with van der Waals surface area (Å²) in [6.45, 7) is 0.954. The summed E-state index contributed by atoms with van der Waals surface area (Å²) in [7, 11) is -4.61. The van der Waals surface area contributed by atoms with Crippen molar-refractivity contribution >= 4 is 15.7 Å². The summed E-state index contributed by atoms with van der Waals surface area (Å²) in [5.74, 6) is -1.15. The van der Waals surface area contributed by atoms with Crippen molar-refractivity contribution in [2.75, 3.05) is 0 Å². The number of hydrogen-bond acceptors (Lipinski definition) is 6. The van der Waals surface area contributed by atoms with E-state index in [2.05, 4.69) is 9.72 Å². The Morgan fingerprint density at radius 1 is 1.47 bits per heavy atom. The molecule has 8 nitrogen and oxygen atoms in total. The Balaban J connectivity index is 3.53. The summed E-state index contributed by atoms with van der Waals surface area (Å²) in [5, 5.41) is 15.4. The van der Waals surface area contributed by atoms with Crippen LogP contribution in [0.2, 0.25) is 0 Å². The molecule has 0 atom stereocenters. The van der Waals surface area contributed by atoms with E-state index < -0.39 is 43.5 Å². The fourth-order valence-corrected chi connectivity index (χ4v) is 1.98. The van der Waals surface area contributed by atoms with Gasteiger partial charge in [0.1, 0.15) is 5.69 Å². The van der Waals surface area contributed by atoms with Crippen molar-refractivity contribution in [3.05, 3.63) is 21.9 Å². The first-order valence-corrected chi connectivity index (χ1v) is 5.91. The molecule has 0 spiro atoms. The van der Waals surface area contributed by atoms with Crippen LogP contribution in [-0.2, 0) is 10.0 Å². The molecule has 0 aliphatic carbocycles. The minimum Gasteiger partial charge on any atom is -0.388 e. The Bertz CT molecular complexity index is 628. The maximum atomic E-state index is 12.0. The van der Waals surface area contributed by atoms with E-state index in [1.807, 2.05) is 0 Å². The summed E-state index contributed by atoms with van der Waals surface area (Å²) < 4.78 is 61.6. The van der Waals surface area contributed by atoms with Gasteiger partial charge >= 0.3 is 12.0 Å². The number of aromatic nitrogens is 1. The van der Waals surface area contributed by atoms with Gasteiger partial charge in [-0.25, -0.2) is 18.5 Å². The van der Waals surface area contributed by atoms with Crippen LogP contribution in [-0.4, -0.2) is 24.7 Å². The molecule has 0 unspecified atom stereocenters. The number of sulfonamides is 1. The summed E-state index contributed by atoms with van der Waals surface area (Å²) in [6.07, 6.45) is -5.12. The molecule has 106 valence electrons. The van der Waals surface area contributed by atoms with Crippen molar-refractivity contribution in [1.29, 1.82) is 0 Å². The van der Waals surface area contributed by atoms with E-state index in [9.17, 15) is 31.7 Å². The minimum absolute atomic E-state index is 0.244. The maximum Gasteiger partial charge on any atom is 0.574 e. The first-order valence-electron chi connectivity index (χ1n) is 4.36. The van der Waals surface area contributed by atoms with Gasteiger partial charge in [-0.3, -0.25) is 10.1 Å². The van der Waals surface area contributed by atoms with Gasteiger partial charge in [0.2, 0.25) is 15.9 Å². The molecule has 1 aromatic heterocycles. The Morgan fingerprint density at radius 3 is 2.37 bits per heavy atom. The van der Waals surface area contributed by atoms with Crippen molar-refractivity contribution < 1.29 is 31.2 Å². The van der Waals surface area contributed by atoms with Gasteiger partial charge in [-0.1, -0.05) is 0 Å². The van der Waals surface area contributed by atoms with Gasteiger partial charge < -0.3 is 4.74 Å². The number of aryl methyl sites for hydroxylation is 1. The summed E-state index contributed by atoms with van der Waals surface area (Å²) in [6, 6.07) is 0.244. The number of alkyl halides is 3. The number of hydrogen-bond donors (Lipinski definition) is 1. The number of nitro groups is 1. The van der Waals surface area contributed by atoms with Crippen molar-refractivity contribution in [3.63, 3.8) is 0 Å².